The summed E-state index contributed by atoms with van der Waals surface area (Å²) in [7, 11) is 0. The van der Waals surface area contributed by atoms with Crippen LogP contribution in [0.3, 0.4) is 0 Å². The summed E-state index contributed by atoms with van der Waals surface area (Å²) >= 11 is 0.784. The maximum absolute atomic E-state index is 13.8. The van der Waals surface area contributed by atoms with E-state index >= 15 is 0 Å². The van der Waals surface area contributed by atoms with Crippen LogP contribution in [-0.4, -0.2) is 34.1 Å². The molecule has 0 radical (unpaired) electrons. The molecule has 2 N–H and O–H groups in total. The predicted octanol–water partition coefficient (Wildman–Crippen LogP) is 4.49. The van der Waals surface area contributed by atoms with Gasteiger partial charge in [0.2, 0.25) is 0 Å². The van der Waals surface area contributed by atoms with E-state index in [4.69, 9.17) is 0 Å². The lowest BCUT2D eigenvalue weighted by Gasteiger charge is -2.41. The van der Waals surface area contributed by atoms with E-state index in [1.807, 2.05) is 5.01 Å². The van der Waals surface area contributed by atoms with E-state index in [9.17, 15) is 19.3 Å². The van der Waals surface area contributed by atoms with Gasteiger partial charge in [-0.05, 0) is 49.3 Å². The number of hydrogen-bond acceptors (Lipinski definition) is 8. The Balaban J connectivity index is 1.49. The third kappa shape index (κ3) is 4.20. The Morgan fingerprint density at radius 1 is 1.23 bits per heavy atom. The Kier molecular flexibility index (Phi) is 5.66. The molecule has 1 aliphatic carbocycles. The van der Waals surface area contributed by atoms with Crippen molar-refractivity contribution in [1.82, 2.24) is 15.8 Å². The van der Waals surface area contributed by atoms with E-state index in [-0.39, 0.29) is 15.9 Å². The minimum atomic E-state index is -1.38. The number of carbonyl (C=O) groups excluding carboxylic acids is 1. The number of halogens is 1. The van der Waals surface area contributed by atoms with Crippen LogP contribution in [0.2, 0.25) is 0 Å². The largest absolute Gasteiger partial charge is 0.324 e. The molecule has 5 rings (SSSR count). The van der Waals surface area contributed by atoms with Crippen molar-refractivity contribution in [2.24, 2.45) is 15.4 Å². The summed E-state index contributed by atoms with van der Waals surface area (Å²) in [6.45, 7) is 4.55. The number of fused-ring (bicyclic) bond motifs is 1. The molecule has 182 valence electrons. The Hall–Kier alpha value is -3.60. The van der Waals surface area contributed by atoms with Crippen LogP contribution in [0, 0.1) is 21.3 Å². The van der Waals surface area contributed by atoms with Gasteiger partial charge in [0, 0.05) is 17.8 Å². The van der Waals surface area contributed by atoms with Crippen LogP contribution < -0.4 is 10.7 Å². The van der Waals surface area contributed by atoms with E-state index in [2.05, 4.69) is 34.6 Å². The third-order valence-corrected chi connectivity index (χ3v) is 7.90. The summed E-state index contributed by atoms with van der Waals surface area (Å²) in [6.07, 6.45) is 7.33. The van der Waals surface area contributed by atoms with Gasteiger partial charge in [-0.1, -0.05) is 37.3 Å². The lowest BCUT2D eigenvalue weighted by molar-refractivity contribution is -0.380. The van der Waals surface area contributed by atoms with Crippen molar-refractivity contribution in [3.63, 3.8) is 0 Å². The van der Waals surface area contributed by atoms with E-state index in [1.165, 1.54) is 30.6 Å². The van der Waals surface area contributed by atoms with Crippen LogP contribution in [0.25, 0.3) is 0 Å². The minimum Gasteiger partial charge on any atom is -0.319 e. The highest BCUT2D eigenvalue weighted by molar-refractivity contribution is 7.17. The Morgan fingerprint density at radius 2 is 1.94 bits per heavy atom. The molecule has 0 bridgehead atoms. The number of hydrogen-bond donors (Lipinski definition) is 2. The number of amides is 1. The smallest absolute Gasteiger partial charge is 0.319 e. The maximum atomic E-state index is 13.8. The fraction of sp³-hybridized carbons (Fsp3) is 0.375. The van der Waals surface area contributed by atoms with Crippen molar-refractivity contribution < 1.29 is 14.1 Å². The molecule has 1 aromatic carbocycles. The molecule has 3 heterocycles. The third-order valence-electron chi connectivity index (χ3n) is 6.86. The number of hydrazine groups is 1. The van der Waals surface area contributed by atoms with Crippen LogP contribution >= 0.6 is 11.3 Å². The lowest BCUT2D eigenvalue weighted by atomic mass is 9.75. The van der Waals surface area contributed by atoms with Crippen LogP contribution in [0.5, 0.6) is 0 Å². The second kappa shape index (κ2) is 8.56. The fourth-order valence-corrected chi connectivity index (χ4v) is 5.53. The number of nitrogens with zero attached hydrogens (tertiary/aromatic N) is 4. The molecule has 1 atom stereocenters. The van der Waals surface area contributed by atoms with Crippen LogP contribution in [-0.2, 0) is 5.66 Å². The zero-order valence-electron chi connectivity index (χ0n) is 19.3. The van der Waals surface area contributed by atoms with Crippen molar-refractivity contribution >= 4 is 34.4 Å². The molecule has 3 aliphatic rings. The summed E-state index contributed by atoms with van der Waals surface area (Å²) in [5.74, 6) is -0.293. The van der Waals surface area contributed by atoms with E-state index in [1.54, 1.807) is 18.3 Å². The van der Waals surface area contributed by atoms with Gasteiger partial charge in [0.15, 0.2) is 11.5 Å². The lowest BCUT2D eigenvalue weighted by Crippen LogP contribution is -2.52. The number of carbonyl (C=O) groups is 1. The number of nitro groups is 1. The Bertz CT molecular complexity index is 1260. The topological polar surface area (TPSA) is 112 Å². The highest BCUT2D eigenvalue weighted by Gasteiger charge is 2.47. The van der Waals surface area contributed by atoms with Gasteiger partial charge >= 0.3 is 5.00 Å². The van der Waals surface area contributed by atoms with Gasteiger partial charge in [-0.25, -0.2) is 14.4 Å². The summed E-state index contributed by atoms with van der Waals surface area (Å²) in [5.41, 5.74) is 3.40. The van der Waals surface area contributed by atoms with Crippen molar-refractivity contribution in [2.45, 2.75) is 51.2 Å². The fourth-order valence-electron chi connectivity index (χ4n) is 4.81. The molecule has 1 aromatic heterocycles. The summed E-state index contributed by atoms with van der Waals surface area (Å²) < 4.78 is 13.8. The van der Waals surface area contributed by atoms with Crippen molar-refractivity contribution in [3.8, 4) is 0 Å². The first-order valence-corrected chi connectivity index (χ1v) is 12.2. The molecule has 1 amide bonds. The van der Waals surface area contributed by atoms with Crippen molar-refractivity contribution in [3.05, 3.63) is 74.5 Å². The first-order chi connectivity index (χ1) is 16.7. The van der Waals surface area contributed by atoms with Crippen molar-refractivity contribution in [1.29, 1.82) is 0 Å². The molecule has 2 aromatic rings. The molecule has 0 spiro atoms. The monoisotopic (exact) mass is 496 g/mol. The SMILES string of the molecule is CC1(C)CCC(N2NC=C3C2=NC=NC3(NC(=O)c2ccc([N+](=O)[O-])s2)c2ccc(F)cc2)CC1. The molecular formula is C24H25FN6O3S. The Labute approximate surface area is 205 Å². The van der Waals surface area contributed by atoms with Crippen LogP contribution in [0.4, 0.5) is 9.39 Å². The average molecular weight is 497 g/mol. The normalized spacial score (nSPS) is 23.2. The van der Waals surface area contributed by atoms with E-state index in [0.717, 1.165) is 37.0 Å². The highest BCUT2D eigenvalue weighted by Crippen LogP contribution is 2.41. The van der Waals surface area contributed by atoms with Crippen LogP contribution in [0.15, 0.2) is 58.2 Å². The molecule has 1 saturated carbocycles. The van der Waals surface area contributed by atoms with Gasteiger partial charge in [0.05, 0.1) is 21.4 Å². The summed E-state index contributed by atoms with van der Waals surface area (Å²) in [6, 6.07) is 8.69. The number of amidine groups is 1. The first kappa shape index (κ1) is 23.2. The number of nitrogens with one attached hydrogen (secondary N) is 2. The molecule has 2 aliphatic heterocycles. The molecule has 35 heavy (non-hydrogen) atoms. The second-order valence-electron chi connectivity index (χ2n) is 9.72. The maximum Gasteiger partial charge on any atom is 0.324 e. The number of rotatable bonds is 5. The number of aliphatic imine (C=N–C) groups is 2. The van der Waals surface area contributed by atoms with Gasteiger partial charge in [-0.3, -0.25) is 19.9 Å². The Morgan fingerprint density at radius 3 is 2.60 bits per heavy atom. The van der Waals surface area contributed by atoms with Gasteiger partial charge in [-0.15, -0.1) is 0 Å². The first-order valence-electron chi connectivity index (χ1n) is 11.4. The van der Waals surface area contributed by atoms with Gasteiger partial charge in [0.1, 0.15) is 12.2 Å². The molecular weight excluding hydrogens is 471 g/mol. The molecule has 11 heteroatoms. The van der Waals surface area contributed by atoms with E-state index < -0.39 is 22.3 Å². The molecule has 0 saturated heterocycles. The average Bonchev–Trinajstić information content (AvgIpc) is 3.48. The number of benzene rings is 1. The van der Waals surface area contributed by atoms with E-state index in [0.29, 0.717) is 22.4 Å². The molecule has 1 unspecified atom stereocenters. The zero-order chi connectivity index (χ0) is 24.8. The summed E-state index contributed by atoms with van der Waals surface area (Å²) in [4.78, 5) is 33.1. The van der Waals surface area contributed by atoms with Crippen LogP contribution in [0.1, 0.15) is 54.8 Å². The standard InChI is InChI=1S/C24H25FN6O3S/c1-23(2)11-9-17(10-12-23)30-21-18(13-28-30)24(27-14-26-21,15-3-5-16(25)6-4-15)29-22(32)19-7-8-20(35-19)31(33)34/h3-8,13-14,17,28H,9-12H2,1-2H3,(H,29,32). The quantitative estimate of drug-likeness (QED) is 0.468. The summed E-state index contributed by atoms with van der Waals surface area (Å²) in [5, 5.41) is 16.0. The number of thiophene rings is 1. The molecule has 1 fully saturated rings. The zero-order valence-corrected chi connectivity index (χ0v) is 20.1. The van der Waals surface area contributed by atoms with Gasteiger partial charge in [0.25, 0.3) is 5.91 Å². The van der Waals surface area contributed by atoms with Crippen molar-refractivity contribution in [2.75, 3.05) is 0 Å². The predicted molar refractivity (Wildman–Crippen MR) is 132 cm³/mol. The second-order valence-corrected chi connectivity index (χ2v) is 10.8. The van der Waals surface area contributed by atoms with Gasteiger partial charge in [-0.2, -0.15) is 0 Å². The molecule has 9 nitrogen and oxygen atoms in total. The highest BCUT2D eigenvalue weighted by atomic mass is 32.1. The minimum absolute atomic E-state index is 0.131. The van der Waals surface area contributed by atoms with Gasteiger partial charge < -0.3 is 10.7 Å².